The van der Waals surface area contributed by atoms with Crippen LogP contribution in [0.15, 0.2) is 53.4 Å². The lowest BCUT2D eigenvalue weighted by Gasteiger charge is -2.10. The lowest BCUT2D eigenvalue weighted by molar-refractivity contribution is 0.102. The molecular formula is C22H26N4O4S2. The van der Waals surface area contributed by atoms with Gasteiger partial charge in [0.15, 0.2) is 0 Å². The Morgan fingerprint density at radius 3 is 2.44 bits per heavy atom. The molecule has 32 heavy (non-hydrogen) atoms. The van der Waals surface area contributed by atoms with Gasteiger partial charge in [0.25, 0.3) is 15.9 Å². The predicted octanol–water partition coefficient (Wildman–Crippen LogP) is 4.89. The van der Waals surface area contributed by atoms with E-state index in [4.69, 9.17) is 4.74 Å². The first-order valence-electron chi connectivity index (χ1n) is 10.4. The Balaban J connectivity index is 1.73. The number of aromatic nitrogens is 2. The molecule has 2 aromatic carbocycles. The van der Waals surface area contributed by atoms with Crippen molar-refractivity contribution in [1.29, 1.82) is 0 Å². The smallest absolute Gasteiger partial charge is 0.261 e. The molecule has 170 valence electrons. The van der Waals surface area contributed by atoms with Crippen LogP contribution in [0.3, 0.4) is 0 Å². The highest BCUT2D eigenvalue weighted by molar-refractivity contribution is 7.92. The van der Waals surface area contributed by atoms with E-state index in [0.29, 0.717) is 29.1 Å². The highest BCUT2D eigenvalue weighted by Gasteiger charge is 2.19. The molecule has 0 aliphatic heterocycles. The number of sulfonamides is 1. The number of benzene rings is 2. The predicted molar refractivity (Wildman–Crippen MR) is 126 cm³/mol. The van der Waals surface area contributed by atoms with Crippen LogP contribution in [0.2, 0.25) is 0 Å². The number of ether oxygens (including phenoxy) is 1. The van der Waals surface area contributed by atoms with Crippen LogP contribution in [0.5, 0.6) is 5.75 Å². The molecule has 0 unspecified atom stereocenters. The van der Waals surface area contributed by atoms with Crippen molar-refractivity contribution in [3.63, 3.8) is 0 Å². The van der Waals surface area contributed by atoms with E-state index in [1.165, 1.54) is 29.5 Å². The molecule has 0 saturated carbocycles. The topological polar surface area (TPSA) is 110 Å². The average Bonchev–Trinajstić information content (AvgIpc) is 3.24. The van der Waals surface area contributed by atoms with E-state index in [1.807, 2.05) is 6.92 Å². The van der Waals surface area contributed by atoms with E-state index < -0.39 is 15.9 Å². The van der Waals surface area contributed by atoms with Crippen molar-refractivity contribution in [1.82, 2.24) is 10.2 Å². The summed E-state index contributed by atoms with van der Waals surface area (Å²) in [5.41, 5.74) is 0.602. The zero-order valence-electron chi connectivity index (χ0n) is 18.2. The molecule has 0 saturated heterocycles. The normalized spacial score (nSPS) is 11.4. The summed E-state index contributed by atoms with van der Waals surface area (Å²) in [5.74, 6) is 0.508. The van der Waals surface area contributed by atoms with Crippen molar-refractivity contribution in [3.8, 4) is 5.75 Å². The Morgan fingerprint density at radius 2 is 1.78 bits per heavy atom. The van der Waals surface area contributed by atoms with Crippen molar-refractivity contribution in [2.75, 3.05) is 16.6 Å². The number of anilines is 2. The van der Waals surface area contributed by atoms with Crippen LogP contribution >= 0.6 is 11.3 Å². The molecule has 10 heteroatoms. The largest absolute Gasteiger partial charge is 0.494 e. The molecule has 0 atom stereocenters. The van der Waals surface area contributed by atoms with Gasteiger partial charge in [-0.1, -0.05) is 31.3 Å². The molecule has 1 heterocycles. The Bertz CT molecular complexity index is 1160. The van der Waals surface area contributed by atoms with Crippen LogP contribution in [-0.2, 0) is 10.0 Å². The molecule has 0 bridgehead atoms. The summed E-state index contributed by atoms with van der Waals surface area (Å²) in [5, 5.41) is 12.2. The highest BCUT2D eigenvalue weighted by Crippen LogP contribution is 2.28. The molecule has 0 radical (unpaired) electrons. The number of carbonyl (C=O) groups excluding carboxylic acids is 1. The van der Waals surface area contributed by atoms with Gasteiger partial charge in [-0.2, -0.15) is 0 Å². The van der Waals surface area contributed by atoms with Gasteiger partial charge in [-0.15, -0.1) is 10.2 Å². The molecule has 3 aromatic rings. The quantitative estimate of drug-likeness (QED) is 0.433. The summed E-state index contributed by atoms with van der Waals surface area (Å²) in [7, 11) is -3.88. The number of rotatable bonds is 10. The van der Waals surface area contributed by atoms with Crippen LogP contribution in [0.1, 0.15) is 54.9 Å². The third-order valence-corrected chi connectivity index (χ3v) is 7.20. The van der Waals surface area contributed by atoms with Gasteiger partial charge in [0.2, 0.25) is 5.13 Å². The third kappa shape index (κ3) is 5.83. The Kier molecular flexibility index (Phi) is 7.81. The second kappa shape index (κ2) is 10.6. The van der Waals surface area contributed by atoms with Gasteiger partial charge in [0.05, 0.1) is 11.5 Å². The lowest BCUT2D eigenvalue weighted by Crippen LogP contribution is -2.16. The van der Waals surface area contributed by atoms with Crippen LogP contribution in [-0.4, -0.2) is 31.1 Å². The van der Waals surface area contributed by atoms with Crippen molar-refractivity contribution in [2.24, 2.45) is 0 Å². The minimum absolute atomic E-state index is 0.0194. The number of nitrogens with zero attached hydrogens (tertiary/aromatic N) is 2. The number of carbonyl (C=O) groups is 1. The molecule has 1 amide bonds. The maximum atomic E-state index is 12.8. The fraction of sp³-hybridized carbons (Fsp3) is 0.318. The molecule has 2 N–H and O–H groups in total. The number of hydrogen-bond donors (Lipinski definition) is 2. The molecule has 3 rings (SSSR count). The van der Waals surface area contributed by atoms with Gasteiger partial charge in [0, 0.05) is 17.2 Å². The first-order valence-corrected chi connectivity index (χ1v) is 12.7. The van der Waals surface area contributed by atoms with Crippen molar-refractivity contribution in [3.05, 3.63) is 59.1 Å². The van der Waals surface area contributed by atoms with E-state index in [1.54, 1.807) is 30.3 Å². The zero-order chi connectivity index (χ0) is 23.1. The first-order chi connectivity index (χ1) is 15.4. The van der Waals surface area contributed by atoms with Crippen molar-refractivity contribution < 1.29 is 17.9 Å². The van der Waals surface area contributed by atoms with Crippen molar-refractivity contribution >= 4 is 38.1 Å². The average molecular weight is 475 g/mol. The van der Waals surface area contributed by atoms with Gasteiger partial charge in [-0.25, -0.2) is 8.42 Å². The SMILES string of the molecule is CCOc1ccc(NS(=O)(=O)c2cccc(C(=O)Nc3nnc(C(CC)CC)s3)c2)cc1. The van der Waals surface area contributed by atoms with Crippen molar-refractivity contribution in [2.45, 2.75) is 44.4 Å². The summed E-state index contributed by atoms with van der Waals surface area (Å²) in [4.78, 5) is 12.6. The van der Waals surface area contributed by atoms with E-state index in [2.05, 4.69) is 34.1 Å². The number of nitrogens with one attached hydrogen (secondary N) is 2. The molecule has 0 fully saturated rings. The van der Waals surface area contributed by atoms with Gasteiger partial charge in [-0.3, -0.25) is 14.8 Å². The maximum Gasteiger partial charge on any atom is 0.261 e. The fourth-order valence-electron chi connectivity index (χ4n) is 3.06. The third-order valence-electron chi connectivity index (χ3n) is 4.82. The second-order valence-electron chi connectivity index (χ2n) is 7.00. The Labute approximate surface area is 192 Å². The minimum atomic E-state index is -3.88. The molecule has 1 aromatic heterocycles. The fourth-order valence-corrected chi connectivity index (χ4v) is 5.17. The Morgan fingerprint density at radius 1 is 1.06 bits per heavy atom. The summed E-state index contributed by atoms with van der Waals surface area (Å²) in [6.45, 7) is 6.56. The van der Waals surface area contributed by atoms with Gasteiger partial charge < -0.3 is 4.74 Å². The second-order valence-corrected chi connectivity index (χ2v) is 9.70. The van der Waals surface area contributed by atoms with Crippen LogP contribution < -0.4 is 14.8 Å². The molecule has 0 spiro atoms. The maximum absolute atomic E-state index is 12.8. The number of amides is 1. The Hall–Kier alpha value is -2.98. The minimum Gasteiger partial charge on any atom is -0.494 e. The standard InChI is InChI=1S/C22H26N4O4S2/c1-4-15(5-2)21-24-25-22(31-21)23-20(27)16-8-7-9-19(14-16)32(28,29)26-17-10-12-18(13-11-17)30-6-3/h7-15,26H,4-6H2,1-3H3,(H,23,25,27). The monoisotopic (exact) mass is 474 g/mol. The summed E-state index contributed by atoms with van der Waals surface area (Å²) in [6.07, 6.45) is 1.89. The number of hydrogen-bond acceptors (Lipinski definition) is 7. The van der Waals surface area contributed by atoms with Crippen LogP contribution in [0, 0.1) is 0 Å². The summed E-state index contributed by atoms with van der Waals surface area (Å²) >= 11 is 1.33. The summed E-state index contributed by atoms with van der Waals surface area (Å²) < 4.78 is 33.5. The first kappa shape index (κ1) is 23.7. The molecule has 8 nitrogen and oxygen atoms in total. The van der Waals surface area contributed by atoms with E-state index >= 15 is 0 Å². The van der Waals surface area contributed by atoms with Crippen LogP contribution in [0.25, 0.3) is 0 Å². The van der Waals surface area contributed by atoms with Crippen LogP contribution in [0.4, 0.5) is 10.8 Å². The van der Waals surface area contributed by atoms with E-state index in [-0.39, 0.29) is 10.5 Å². The van der Waals surface area contributed by atoms with E-state index in [9.17, 15) is 13.2 Å². The highest BCUT2D eigenvalue weighted by atomic mass is 32.2. The van der Waals surface area contributed by atoms with Gasteiger partial charge >= 0.3 is 0 Å². The van der Waals surface area contributed by atoms with Gasteiger partial charge in [-0.05, 0) is 62.2 Å². The lowest BCUT2D eigenvalue weighted by atomic mass is 10.1. The zero-order valence-corrected chi connectivity index (χ0v) is 19.8. The molecular weight excluding hydrogens is 448 g/mol. The molecule has 0 aliphatic carbocycles. The van der Waals surface area contributed by atoms with E-state index in [0.717, 1.165) is 17.8 Å². The summed E-state index contributed by atoms with van der Waals surface area (Å²) in [6, 6.07) is 12.4. The van der Waals surface area contributed by atoms with Gasteiger partial charge in [0.1, 0.15) is 10.8 Å². The molecule has 0 aliphatic rings.